The molecule has 0 fully saturated rings. The first-order chi connectivity index (χ1) is 5.13. The molecule has 0 spiro atoms. The second-order valence-electron chi connectivity index (χ2n) is 1.92. The van der Waals surface area contributed by atoms with Crippen molar-refractivity contribution < 1.29 is 19.4 Å². The third-order valence-electron chi connectivity index (χ3n) is 1.19. The van der Waals surface area contributed by atoms with Crippen LogP contribution in [0.25, 0.3) is 0 Å². The van der Waals surface area contributed by atoms with Crippen LogP contribution in [0.15, 0.2) is 18.2 Å². The van der Waals surface area contributed by atoms with Gasteiger partial charge in [-0.1, -0.05) is 17.9 Å². The lowest BCUT2D eigenvalue weighted by Crippen LogP contribution is -2.06. The second-order valence-corrected chi connectivity index (χ2v) is 1.92. The maximum Gasteiger partial charge on any atom is 0.338 e. The number of hydrogen-bond donors (Lipinski definition) is 1. The summed E-state index contributed by atoms with van der Waals surface area (Å²) in [5.74, 6) is -3.34. The molecule has 1 aromatic rings. The van der Waals surface area contributed by atoms with Gasteiger partial charge in [-0.2, -0.15) is 0 Å². The minimum atomic E-state index is -1.53. The van der Waals surface area contributed by atoms with Crippen LogP contribution >= 0.6 is 0 Å². The number of benzene rings is 1. The van der Waals surface area contributed by atoms with Crippen molar-refractivity contribution >= 4 is 5.97 Å². The van der Waals surface area contributed by atoms with Crippen LogP contribution in [0.5, 0.6) is 5.75 Å². The van der Waals surface area contributed by atoms with Crippen molar-refractivity contribution in [1.82, 2.24) is 0 Å². The van der Waals surface area contributed by atoms with E-state index in [9.17, 15) is 14.3 Å². The van der Waals surface area contributed by atoms with Crippen molar-refractivity contribution in [2.75, 3.05) is 0 Å². The van der Waals surface area contributed by atoms with E-state index >= 15 is 0 Å². The quantitative estimate of drug-likeness (QED) is 0.645. The number of carboxylic acids is 1. The molecule has 1 aromatic carbocycles. The van der Waals surface area contributed by atoms with Crippen LogP contribution in [0.2, 0.25) is 0 Å². The molecule has 1 N–H and O–H groups in total. The Bertz CT molecular complexity index is 275. The fourth-order valence-electron chi connectivity index (χ4n) is 0.712. The van der Waals surface area contributed by atoms with Crippen molar-refractivity contribution in [3.63, 3.8) is 0 Å². The number of aromatic carboxylic acids is 1. The van der Waals surface area contributed by atoms with Gasteiger partial charge in [0.05, 0.1) is 5.56 Å². The molecular weight excluding hydrogens is 151 g/mol. The number of hydrogen-bond acceptors (Lipinski definition) is 2. The Balaban J connectivity index is 3.32. The summed E-state index contributed by atoms with van der Waals surface area (Å²) in [6.07, 6.45) is 0. The lowest BCUT2D eigenvalue weighted by atomic mass is 10.2. The van der Waals surface area contributed by atoms with Crippen LogP contribution in [-0.4, -0.2) is 11.1 Å². The highest BCUT2D eigenvalue weighted by Crippen LogP contribution is 2.16. The van der Waals surface area contributed by atoms with Gasteiger partial charge in [0, 0.05) is 0 Å². The molecule has 58 valence electrons. The number of rotatable bonds is 1. The van der Waals surface area contributed by atoms with E-state index in [1.54, 1.807) is 0 Å². The highest BCUT2D eigenvalue weighted by Gasteiger charge is 2.08. The normalized spacial score (nSPS) is 9.55. The first-order valence-corrected chi connectivity index (χ1v) is 2.81. The summed E-state index contributed by atoms with van der Waals surface area (Å²) in [6, 6.07) is 3.11. The summed E-state index contributed by atoms with van der Waals surface area (Å²) in [5, 5.41) is 19.0. The topological polar surface area (TPSA) is 60.4 Å². The zero-order valence-electron chi connectivity index (χ0n) is 5.37. The van der Waals surface area contributed by atoms with Gasteiger partial charge in [-0.15, -0.1) is 0 Å². The highest BCUT2D eigenvalue weighted by molar-refractivity contribution is 5.90. The second kappa shape index (κ2) is 2.57. The van der Waals surface area contributed by atoms with E-state index in [1.165, 1.54) is 6.07 Å². The molecular formula is C7H4FO3-. The molecule has 0 aromatic heterocycles. The number of carboxylic acid groups (broad SMARTS) is 1. The summed E-state index contributed by atoms with van der Waals surface area (Å²) in [4.78, 5) is 10.2. The van der Waals surface area contributed by atoms with Crippen LogP contribution in [0.1, 0.15) is 10.4 Å². The van der Waals surface area contributed by atoms with Crippen LogP contribution in [0.4, 0.5) is 4.39 Å². The van der Waals surface area contributed by atoms with Gasteiger partial charge in [0.2, 0.25) is 0 Å². The Labute approximate surface area is 61.7 Å². The largest absolute Gasteiger partial charge is 0.872 e. The third-order valence-corrected chi connectivity index (χ3v) is 1.19. The first kappa shape index (κ1) is 7.53. The van der Waals surface area contributed by atoms with Gasteiger partial charge < -0.3 is 10.2 Å². The molecule has 0 saturated carbocycles. The molecule has 1 rings (SSSR count). The van der Waals surface area contributed by atoms with Crippen molar-refractivity contribution in [2.24, 2.45) is 0 Å². The van der Waals surface area contributed by atoms with E-state index in [2.05, 4.69) is 0 Å². The van der Waals surface area contributed by atoms with Crippen LogP contribution in [0, 0.1) is 5.82 Å². The van der Waals surface area contributed by atoms with Crippen molar-refractivity contribution in [3.8, 4) is 5.75 Å². The maximum absolute atomic E-state index is 12.5. The maximum atomic E-state index is 12.5. The molecule has 0 aliphatic carbocycles. The van der Waals surface area contributed by atoms with Crippen molar-refractivity contribution in [3.05, 3.63) is 29.6 Å². The fourth-order valence-corrected chi connectivity index (χ4v) is 0.712. The molecule has 0 atom stereocenters. The van der Waals surface area contributed by atoms with Crippen molar-refractivity contribution in [2.45, 2.75) is 0 Å². The van der Waals surface area contributed by atoms with Gasteiger partial charge in [0.1, 0.15) is 5.82 Å². The minimum absolute atomic E-state index is 0.799. The van der Waals surface area contributed by atoms with E-state index in [4.69, 9.17) is 5.11 Å². The zero-order valence-corrected chi connectivity index (χ0v) is 5.37. The molecule has 3 nitrogen and oxygen atoms in total. The zero-order chi connectivity index (χ0) is 8.43. The Hall–Kier alpha value is -1.58. The Morgan fingerprint density at radius 2 is 2.18 bits per heavy atom. The summed E-state index contributed by atoms with van der Waals surface area (Å²) in [5.41, 5.74) is -0.799. The molecule has 4 heteroatoms. The van der Waals surface area contributed by atoms with E-state index in [0.717, 1.165) is 12.1 Å². The highest BCUT2D eigenvalue weighted by atomic mass is 19.1. The van der Waals surface area contributed by atoms with E-state index in [0.29, 0.717) is 0 Å². The predicted molar refractivity (Wildman–Crippen MR) is 32.8 cm³/mol. The lowest BCUT2D eigenvalue weighted by Gasteiger charge is -2.08. The van der Waals surface area contributed by atoms with Gasteiger partial charge in [0.25, 0.3) is 0 Å². The molecule has 0 amide bonds. The summed E-state index contributed by atoms with van der Waals surface area (Å²) >= 11 is 0. The fraction of sp³-hybridized carbons (Fsp3) is 0. The lowest BCUT2D eigenvalue weighted by molar-refractivity contribution is -0.269. The van der Waals surface area contributed by atoms with Crippen LogP contribution in [0.3, 0.4) is 0 Å². The average Bonchev–Trinajstić information content (AvgIpc) is 1.85. The minimum Gasteiger partial charge on any atom is -0.872 e. The van der Waals surface area contributed by atoms with Crippen LogP contribution in [-0.2, 0) is 0 Å². The Morgan fingerprint density at radius 3 is 2.55 bits per heavy atom. The monoisotopic (exact) mass is 155 g/mol. The smallest absolute Gasteiger partial charge is 0.338 e. The van der Waals surface area contributed by atoms with Crippen LogP contribution < -0.4 is 5.11 Å². The number of carbonyl (C=O) groups is 1. The average molecular weight is 155 g/mol. The van der Waals surface area contributed by atoms with Gasteiger partial charge in [-0.05, 0) is 6.07 Å². The molecule has 0 unspecified atom stereocenters. The van der Waals surface area contributed by atoms with Gasteiger partial charge in [-0.3, -0.25) is 0 Å². The standard InChI is InChI=1S/C7H5FO3/c8-4-2-1-3-5(9)6(4)7(10)11/h1-3,9H,(H,10,11)/p-1. The molecule has 11 heavy (non-hydrogen) atoms. The summed E-state index contributed by atoms with van der Waals surface area (Å²) < 4.78 is 12.5. The first-order valence-electron chi connectivity index (χ1n) is 2.81. The van der Waals surface area contributed by atoms with E-state index < -0.39 is 23.1 Å². The van der Waals surface area contributed by atoms with E-state index in [-0.39, 0.29) is 0 Å². The summed E-state index contributed by atoms with van der Waals surface area (Å²) in [6.45, 7) is 0. The molecule has 0 radical (unpaired) electrons. The predicted octanol–water partition coefficient (Wildman–Crippen LogP) is 0.597. The Morgan fingerprint density at radius 1 is 1.55 bits per heavy atom. The number of halogens is 1. The molecule has 0 aliphatic heterocycles. The Kier molecular flexibility index (Phi) is 1.76. The third kappa shape index (κ3) is 1.29. The van der Waals surface area contributed by atoms with Gasteiger partial charge in [-0.25, -0.2) is 9.18 Å². The van der Waals surface area contributed by atoms with Gasteiger partial charge in [0.15, 0.2) is 0 Å². The molecule has 0 aliphatic rings. The van der Waals surface area contributed by atoms with E-state index in [1.807, 2.05) is 0 Å². The molecule has 0 bridgehead atoms. The van der Waals surface area contributed by atoms with Crippen molar-refractivity contribution in [1.29, 1.82) is 0 Å². The molecule has 0 saturated heterocycles. The summed E-state index contributed by atoms with van der Waals surface area (Å²) in [7, 11) is 0. The SMILES string of the molecule is O=C(O)c1c([O-])cccc1F. The van der Waals surface area contributed by atoms with Gasteiger partial charge >= 0.3 is 5.97 Å². The molecule has 0 heterocycles.